The van der Waals surface area contributed by atoms with Crippen molar-refractivity contribution in [1.29, 1.82) is 0 Å². The number of carbonyl (C=O) groups is 1. The maximum Gasteiger partial charge on any atom is 0.359 e. The third-order valence-electron chi connectivity index (χ3n) is 2.52. The Morgan fingerprint density at radius 1 is 1.39 bits per heavy atom. The van der Waals surface area contributed by atoms with E-state index in [4.69, 9.17) is 9.84 Å². The number of nitrogens with zero attached hydrogens (tertiary/aromatic N) is 1. The molecule has 0 bridgehead atoms. The molecule has 0 aromatic heterocycles. The van der Waals surface area contributed by atoms with Crippen molar-refractivity contribution in [2.24, 2.45) is 0 Å². The molecule has 0 fully saturated rings. The van der Waals surface area contributed by atoms with Gasteiger partial charge in [0.25, 0.3) is 0 Å². The van der Waals surface area contributed by atoms with E-state index in [-0.39, 0.29) is 30.5 Å². The van der Waals surface area contributed by atoms with E-state index < -0.39 is 5.97 Å². The second-order valence-electron chi connectivity index (χ2n) is 4.88. The lowest BCUT2D eigenvalue weighted by atomic mass is 10.2. The Bertz CT molecular complexity index is 394. The van der Waals surface area contributed by atoms with E-state index in [2.05, 4.69) is 0 Å². The van der Waals surface area contributed by atoms with Gasteiger partial charge >= 0.3 is 5.97 Å². The monoisotopic (exact) mass is 365 g/mol. The predicted octanol–water partition coefficient (Wildman–Crippen LogP) is -1.46. The molecular formula is C13H20INO3. The summed E-state index contributed by atoms with van der Waals surface area (Å²) in [4.78, 5) is 10.6. The van der Waals surface area contributed by atoms with Crippen LogP contribution in [0.5, 0.6) is 5.75 Å². The fourth-order valence-corrected chi connectivity index (χ4v) is 1.56. The molecule has 1 rings (SSSR count). The first-order chi connectivity index (χ1) is 7.89. The molecule has 0 radical (unpaired) electrons. The van der Waals surface area contributed by atoms with Gasteiger partial charge in [-0.2, -0.15) is 0 Å². The van der Waals surface area contributed by atoms with Crippen LogP contribution in [-0.2, 0) is 4.79 Å². The third kappa shape index (κ3) is 6.80. The largest absolute Gasteiger partial charge is 1.00 e. The summed E-state index contributed by atoms with van der Waals surface area (Å²) in [6, 6.07) is 7.83. The Morgan fingerprint density at radius 2 is 2.06 bits per heavy atom. The van der Waals surface area contributed by atoms with Crippen molar-refractivity contribution in [3.8, 4) is 5.75 Å². The average Bonchev–Trinajstić information content (AvgIpc) is 2.15. The van der Waals surface area contributed by atoms with Gasteiger partial charge in [0.15, 0.2) is 6.54 Å². The molecule has 18 heavy (non-hydrogen) atoms. The van der Waals surface area contributed by atoms with Gasteiger partial charge in [0.05, 0.1) is 14.1 Å². The van der Waals surface area contributed by atoms with Gasteiger partial charge in [0, 0.05) is 0 Å². The Hall–Kier alpha value is -0.820. The Kier molecular flexibility index (Phi) is 7.23. The molecule has 0 amide bonds. The highest BCUT2D eigenvalue weighted by molar-refractivity contribution is 5.67. The summed E-state index contributed by atoms with van der Waals surface area (Å²) in [5, 5.41) is 8.75. The molecule has 0 spiro atoms. The van der Waals surface area contributed by atoms with Gasteiger partial charge in [-0.3, -0.25) is 0 Å². The summed E-state index contributed by atoms with van der Waals surface area (Å²) in [6.07, 6.45) is 0. The zero-order valence-electron chi connectivity index (χ0n) is 11.0. The van der Waals surface area contributed by atoms with Crippen LogP contribution in [0.4, 0.5) is 0 Å². The van der Waals surface area contributed by atoms with E-state index in [1.165, 1.54) is 0 Å². The number of aliphatic carboxylic acids is 1. The van der Waals surface area contributed by atoms with Crippen LogP contribution in [0.25, 0.3) is 0 Å². The highest BCUT2D eigenvalue weighted by atomic mass is 127. The van der Waals surface area contributed by atoms with E-state index in [0.29, 0.717) is 17.6 Å². The Balaban J connectivity index is 0.00000289. The van der Waals surface area contributed by atoms with Crippen LogP contribution in [0, 0.1) is 6.92 Å². The first kappa shape index (κ1) is 17.2. The minimum Gasteiger partial charge on any atom is -1.00 e. The fraction of sp³-hybridized carbons (Fsp3) is 0.462. The molecule has 0 atom stereocenters. The van der Waals surface area contributed by atoms with Gasteiger partial charge in [-0.15, -0.1) is 0 Å². The molecular weight excluding hydrogens is 345 g/mol. The molecule has 1 aromatic carbocycles. The summed E-state index contributed by atoms with van der Waals surface area (Å²) in [7, 11) is 3.77. The van der Waals surface area contributed by atoms with Gasteiger partial charge in [-0.1, -0.05) is 12.1 Å². The minimum atomic E-state index is -0.787. The highest BCUT2D eigenvalue weighted by Crippen LogP contribution is 2.12. The second-order valence-corrected chi connectivity index (χ2v) is 4.88. The number of hydrogen-bond donors (Lipinski definition) is 1. The summed E-state index contributed by atoms with van der Waals surface area (Å²) in [6.45, 7) is 3.30. The molecule has 102 valence electrons. The molecule has 0 aliphatic rings. The van der Waals surface area contributed by atoms with Crippen LogP contribution in [-0.4, -0.2) is 49.4 Å². The quantitative estimate of drug-likeness (QED) is 0.495. The topological polar surface area (TPSA) is 46.5 Å². The van der Waals surface area contributed by atoms with E-state index in [9.17, 15) is 4.79 Å². The number of likely N-dealkylation sites (N-methyl/N-ethyl adjacent to an activating group) is 1. The van der Waals surface area contributed by atoms with Crippen molar-refractivity contribution in [2.45, 2.75) is 6.92 Å². The summed E-state index contributed by atoms with van der Waals surface area (Å²) < 4.78 is 6.01. The van der Waals surface area contributed by atoms with E-state index in [0.717, 1.165) is 11.3 Å². The van der Waals surface area contributed by atoms with Gasteiger partial charge in [0.1, 0.15) is 18.9 Å². The second kappa shape index (κ2) is 7.58. The fourth-order valence-electron chi connectivity index (χ4n) is 1.56. The van der Waals surface area contributed by atoms with E-state index in [1.54, 1.807) is 0 Å². The number of carboxylic acid groups (broad SMARTS) is 1. The van der Waals surface area contributed by atoms with E-state index >= 15 is 0 Å². The molecule has 0 aliphatic carbocycles. The number of ether oxygens (including phenoxy) is 1. The molecule has 1 N–H and O–H groups in total. The summed E-state index contributed by atoms with van der Waals surface area (Å²) in [5.74, 6) is 0.0471. The third-order valence-corrected chi connectivity index (χ3v) is 2.52. The highest BCUT2D eigenvalue weighted by Gasteiger charge is 2.19. The minimum absolute atomic E-state index is 0. The molecule has 0 unspecified atom stereocenters. The summed E-state index contributed by atoms with van der Waals surface area (Å²) in [5.41, 5.74) is 1.15. The van der Waals surface area contributed by atoms with Crippen molar-refractivity contribution in [3.63, 3.8) is 0 Å². The van der Waals surface area contributed by atoms with Crippen molar-refractivity contribution < 1.29 is 43.1 Å². The van der Waals surface area contributed by atoms with Gasteiger partial charge < -0.3 is 38.3 Å². The SMILES string of the molecule is Cc1cccc(OCC[N+](C)(C)CC(=O)O)c1.[I-]. The van der Waals surface area contributed by atoms with Crippen molar-refractivity contribution in [3.05, 3.63) is 29.8 Å². The zero-order valence-corrected chi connectivity index (χ0v) is 13.2. The van der Waals surface area contributed by atoms with Crippen LogP contribution in [0.2, 0.25) is 0 Å². The number of aryl methyl sites for hydroxylation is 1. The molecule has 0 saturated heterocycles. The average molecular weight is 365 g/mol. The molecule has 4 nitrogen and oxygen atoms in total. The molecule has 0 heterocycles. The standard InChI is InChI=1S/C13H19NO3.HI/c1-11-5-4-6-12(9-11)17-8-7-14(2,3)10-13(15)16;/h4-6,9H,7-8,10H2,1-3H3;1H. The number of carboxylic acids is 1. The maximum atomic E-state index is 10.6. The number of rotatable bonds is 6. The summed E-state index contributed by atoms with van der Waals surface area (Å²) >= 11 is 0. The normalized spacial score (nSPS) is 10.6. The Morgan fingerprint density at radius 3 is 2.61 bits per heavy atom. The van der Waals surface area contributed by atoms with Crippen LogP contribution in [0.1, 0.15) is 5.56 Å². The van der Waals surface area contributed by atoms with Crippen molar-refractivity contribution in [1.82, 2.24) is 0 Å². The van der Waals surface area contributed by atoms with Crippen LogP contribution in [0.3, 0.4) is 0 Å². The number of halogens is 1. The lowest BCUT2D eigenvalue weighted by molar-refractivity contribution is -0.883. The van der Waals surface area contributed by atoms with Crippen LogP contribution < -0.4 is 28.7 Å². The number of hydrogen-bond acceptors (Lipinski definition) is 2. The van der Waals surface area contributed by atoms with Gasteiger partial charge in [0.2, 0.25) is 0 Å². The molecule has 1 aromatic rings. The molecule has 0 saturated carbocycles. The molecule has 5 heteroatoms. The lowest BCUT2D eigenvalue weighted by Crippen LogP contribution is -3.00. The van der Waals surface area contributed by atoms with Crippen LogP contribution >= 0.6 is 0 Å². The number of quaternary nitrogens is 1. The van der Waals surface area contributed by atoms with Gasteiger partial charge in [-0.25, -0.2) is 4.79 Å². The van der Waals surface area contributed by atoms with Crippen molar-refractivity contribution in [2.75, 3.05) is 33.8 Å². The smallest absolute Gasteiger partial charge is 0.359 e. The predicted molar refractivity (Wildman–Crippen MR) is 66.2 cm³/mol. The van der Waals surface area contributed by atoms with Crippen molar-refractivity contribution >= 4 is 5.97 Å². The maximum absolute atomic E-state index is 10.6. The zero-order chi connectivity index (χ0) is 12.9. The van der Waals surface area contributed by atoms with Gasteiger partial charge in [-0.05, 0) is 24.6 Å². The van der Waals surface area contributed by atoms with E-state index in [1.807, 2.05) is 45.3 Å². The molecule has 0 aliphatic heterocycles. The first-order valence-corrected chi connectivity index (χ1v) is 5.62. The Labute approximate surface area is 125 Å². The number of benzene rings is 1. The lowest BCUT2D eigenvalue weighted by Gasteiger charge is -2.27. The first-order valence-electron chi connectivity index (χ1n) is 5.62. The van der Waals surface area contributed by atoms with Crippen LogP contribution in [0.15, 0.2) is 24.3 Å².